The molecule has 0 saturated carbocycles. The first-order valence-electron chi connectivity index (χ1n) is 9.55. The second-order valence-electron chi connectivity index (χ2n) is 6.90. The lowest BCUT2D eigenvalue weighted by Crippen LogP contribution is -1.94. The van der Waals surface area contributed by atoms with Crippen LogP contribution >= 0.6 is 0 Å². The number of aromatic nitrogens is 6. The molecule has 0 amide bonds. The van der Waals surface area contributed by atoms with Crippen molar-refractivity contribution in [2.24, 2.45) is 7.05 Å². The van der Waals surface area contributed by atoms with E-state index in [1.54, 1.807) is 21.7 Å². The molecule has 1 aromatic carbocycles. The molecule has 0 fully saturated rings. The van der Waals surface area contributed by atoms with E-state index in [9.17, 15) is 0 Å². The molecule has 0 atom stereocenters. The molecule has 0 saturated heterocycles. The van der Waals surface area contributed by atoms with E-state index in [4.69, 9.17) is 9.15 Å². The molecule has 8 heteroatoms. The Bertz CT molecular complexity index is 1280. The molecule has 146 valence electrons. The monoisotopic (exact) mass is 388 g/mol. The summed E-state index contributed by atoms with van der Waals surface area (Å²) in [5.41, 5.74) is 2.77. The van der Waals surface area contributed by atoms with Crippen LogP contribution in [0.4, 0.5) is 0 Å². The zero-order chi connectivity index (χ0) is 19.8. The van der Waals surface area contributed by atoms with Crippen LogP contribution in [0.25, 0.3) is 28.3 Å². The van der Waals surface area contributed by atoms with E-state index in [1.807, 2.05) is 31.3 Å². The predicted molar refractivity (Wildman–Crippen MR) is 108 cm³/mol. The normalized spacial score (nSPS) is 11.5. The number of ether oxygens (including phenoxy) is 1. The van der Waals surface area contributed by atoms with Crippen LogP contribution in [-0.2, 0) is 20.1 Å². The highest BCUT2D eigenvalue weighted by molar-refractivity contribution is 5.88. The maximum Gasteiger partial charge on any atom is 0.217 e. The summed E-state index contributed by atoms with van der Waals surface area (Å²) in [7, 11) is 1.85. The smallest absolute Gasteiger partial charge is 0.217 e. The van der Waals surface area contributed by atoms with Gasteiger partial charge in [-0.1, -0.05) is 25.5 Å². The maximum absolute atomic E-state index is 5.90. The summed E-state index contributed by atoms with van der Waals surface area (Å²) in [4.78, 5) is 8.98. The number of fused-ring (bicyclic) bond motifs is 3. The first-order chi connectivity index (χ1) is 14.2. The molecule has 4 aromatic heterocycles. The SMILES string of the molecule is CCCc1ccc(OCc2ccc(-c3nc4c5cnn(C)c5ncn4n3)o2)cc1. The lowest BCUT2D eigenvalue weighted by molar-refractivity contribution is 0.271. The third kappa shape index (κ3) is 3.22. The molecule has 4 heterocycles. The minimum atomic E-state index is 0.342. The standard InChI is InChI=1S/C21H20N6O2/c1-3-4-14-5-7-15(8-6-14)28-12-16-9-10-18(29-16)19-24-21-17-11-23-26(2)20(17)22-13-27(21)25-19/h5-11,13H,3-4,12H2,1-2H3. The Morgan fingerprint density at radius 1 is 1.07 bits per heavy atom. The van der Waals surface area contributed by atoms with Gasteiger partial charge < -0.3 is 9.15 Å². The van der Waals surface area contributed by atoms with Crippen LogP contribution in [0.5, 0.6) is 5.75 Å². The van der Waals surface area contributed by atoms with Gasteiger partial charge in [0, 0.05) is 7.05 Å². The molecule has 8 nitrogen and oxygen atoms in total. The van der Waals surface area contributed by atoms with Gasteiger partial charge in [-0.2, -0.15) is 5.10 Å². The molecule has 5 rings (SSSR count). The highest BCUT2D eigenvalue weighted by Crippen LogP contribution is 2.23. The van der Waals surface area contributed by atoms with E-state index in [-0.39, 0.29) is 0 Å². The molecule has 5 aromatic rings. The van der Waals surface area contributed by atoms with Crippen molar-refractivity contribution in [2.45, 2.75) is 26.4 Å². The second kappa shape index (κ2) is 7.05. The van der Waals surface area contributed by atoms with Crippen LogP contribution in [0.15, 0.2) is 53.3 Å². The van der Waals surface area contributed by atoms with Crippen LogP contribution < -0.4 is 4.74 Å². The van der Waals surface area contributed by atoms with Crippen molar-refractivity contribution in [1.29, 1.82) is 0 Å². The van der Waals surface area contributed by atoms with Crippen molar-refractivity contribution in [1.82, 2.24) is 29.4 Å². The Hall–Kier alpha value is -3.68. The van der Waals surface area contributed by atoms with E-state index in [1.165, 1.54) is 5.56 Å². The van der Waals surface area contributed by atoms with E-state index in [0.717, 1.165) is 29.6 Å². The number of rotatable bonds is 6. The Morgan fingerprint density at radius 3 is 2.76 bits per heavy atom. The highest BCUT2D eigenvalue weighted by atomic mass is 16.5. The molecule has 0 aliphatic carbocycles. The molecule has 29 heavy (non-hydrogen) atoms. The minimum Gasteiger partial charge on any atom is -0.486 e. The van der Waals surface area contributed by atoms with Crippen molar-refractivity contribution >= 4 is 16.7 Å². The molecule has 0 bridgehead atoms. The number of nitrogens with zero attached hydrogens (tertiary/aromatic N) is 6. The Labute approximate surface area is 166 Å². The molecule has 0 radical (unpaired) electrons. The lowest BCUT2D eigenvalue weighted by Gasteiger charge is -2.05. The Morgan fingerprint density at radius 2 is 1.93 bits per heavy atom. The van der Waals surface area contributed by atoms with Crippen LogP contribution in [0.3, 0.4) is 0 Å². The second-order valence-corrected chi connectivity index (χ2v) is 6.90. The number of hydrogen-bond acceptors (Lipinski definition) is 6. The van der Waals surface area contributed by atoms with E-state index >= 15 is 0 Å². The van der Waals surface area contributed by atoms with Crippen molar-refractivity contribution in [3.8, 4) is 17.3 Å². The Kier molecular flexibility index (Phi) is 4.23. The van der Waals surface area contributed by atoms with Crippen LogP contribution in [0, 0.1) is 0 Å². The fourth-order valence-corrected chi connectivity index (χ4v) is 3.31. The zero-order valence-electron chi connectivity index (χ0n) is 16.2. The Balaban J connectivity index is 1.35. The van der Waals surface area contributed by atoms with Crippen molar-refractivity contribution < 1.29 is 9.15 Å². The summed E-state index contributed by atoms with van der Waals surface area (Å²) in [6.45, 7) is 2.52. The highest BCUT2D eigenvalue weighted by Gasteiger charge is 2.15. The average molecular weight is 388 g/mol. The quantitative estimate of drug-likeness (QED) is 0.440. The van der Waals surface area contributed by atoms with Crippen molar-refractivity contribution in [2.75, 3.05) is 0 Å². The van der Waals surface area contributed by atoms with Gasteiger partial charge in [0.15, 0.2) is 17.1 Å². The summed E-state index contributed by atoms with van der Waals surface area (Å²) >= 11 is 0. The summed E-state index contributed by atoms with van der Waals surface area (Å²) in [6.07, 6.45) is 5.58. The van der Waals surface area contributed by atoms with Gasteiger partial charge in [-0.25, -0.2) is 14.5 Å². The summed E-state index contributed by atoms with van der Waals surface area (Å²) in [6, 6.07) is 11.9. The van der Waals surface area contributed by atoms with Gasteiger partial charge >= 0.3 is 0 Å². The molecular formula is C21H20N6O2. The van der Waals surface area contributed by atoms with E-state index in [0.29, 0.717) is 29.6 Å². The first-order valence-corrected chi connectivity index (χ1v) is 9.55. The van der Waals surface area contributed by atoms with E-state index < -0.39 is 0 Å². The van der Waals surface area contributed by atoms with Gasteiger partial charge in [0.05, 0.1) is 11.6 Å². The summed E-state index contributed by atoms with van der Waals surface area (Å²) < 4.78 is 15.1. The number of aryl methyl sites for hydroxylation is 2. The molecule has 0 aliphatic heterocycles. The van der Waals surface area contributed by atoms with Crippen LogP contribution in [0.2, 0.25) is 0 Å². The number of hydrogen-bond donors (Lipinski definition) is 0. The third-order valence-corrected chi connectivity index (χ3v) is 4.79. The average Bonchev–Trinajstić information content (AvgIpc) is 3.45. The van der Waals surface area contributed by atoms with Crippen molar-refractivity contribution in [3.63, 3.8) is 0 Å². The fourth-order valence-electron chi connectivity index (χ4n) is 3.31. The van der Waals surface area contributed by atoms with E-state index in [2.05, 4.69) is 39.2 Å². The summed E-state index contributed by atoms with van der Waals surface area (Å²) in [5.74, 6) is 2.61. The molecule has 0 aliphatic rings. The fraction of sp³-hybridized carbons (Fsp3) is 0.238. The van der Waals surface area contributed by atoms with Gasteiger partial charge in [0.1, 0.15) is 24.4 Å². The molecule has 0 unspecified atom stereocenters. The number of furan rings is 1. The number of benzene rings is 1. The lowest BCUT2D eigenvalue weighted by atomic mass is 10.1. The largest absolute Gasteiger partial charge is 0.486 e. The minimum absolute atomic E-state index is 0.342. The molecule has 0 N–H and O–H groups in total. The van der Waals surface area contributed by atoms with Gasteiger partial charge in [0.25, 0.3) is 0 Å². The zero-order valence-corrected chi connectivity index (χ0v) is 16.2. The predicted octanol–water partition coefficient (Wildman–Crippen LogP) is 3.80. The van der Waals surface area contributed by atoms with Gasteiger partial charge in [-0.15, -0.1) is 5.10 Å². The molecule has 0 spiro atoms. The van der Waals surface area contributed by atoms with Crippen LogP contribution in [0.1, 0.15) is 24.7 Å². The van der Waals surface area contributed by atoms with Gasteiger partial charge in [-0.3, -0.25) is 4.68 Å². The summed E-state index contributed by atoms with van der Waals surface area (Å²) in [5, 5.41) is 9.55. The van der Waals surface area contributed by atoms with Crippen LogP contribution in [-0.4, -0.2) is 29.4 Å². The van der Waals surface area contributed by atoms with Gasteiger partial charge in [0.2, 0.25) is 5.82 Å². The third-order valence-electron chi connectivity index (χ3n) is 4.79. The van der Waals surface area contributed by atoms with Crippen molar-refractivity contribution in [3.05, 3.63) is 60.2 Å². The van der Waals surface area contributed by atoms with Gasteiger partial charge in [-0.05, 0) is 36.2 Å². The molecular weight excluding hydrogens is 368 g/mol. The maximum atomic E-state index is 5.90. The first kappa shape index (κ1) is 17.4. The topological polar surface area (TPSA) is 83.3 Å².